The minimum absolute atomic E-state index is 0. The zero-order valence-electron chi connectivity index (χ0n) is 38.6. The van der Waals surface area contributed by atoms with Crippen molar-refractivity contribution in [3.05, 3.63) is 0 Å². The van der Waals surface area contributed by atoms with Crippen LogP contribution in [0, 0.1) is 5.41 Å². The summed E-state index contributed by atoms with van der Waals surface area (Å²) >= 11 is 0. The molecule has 0 amide bonds. The summed E-state index contributed by atoms with van der Waals surface area (Å²) < 4.78 is 82.5. The van der Waals surface area contributed by atoms with E-state index in [0.29, 0.717) is 152 Å². The van der Waals surface area contributed by atoms with E-state index >= 15 is 0 Å². The quantitative estimate of drug-likeness (QED) is 0.0536. The molecule has 67 heavy (non-hydrogen) atoms. The minimum atomic E-state index is -0.240. The van der Waals surface area contributed by atoms with Gasteiger partial charge in [-0.1, -0.05) is 74.3 Å². The summed E-state index contributed by atoms with van der Waals surface area (Å²) in [6.07, 6.45) is -0.146. The highest BCUT2D eigenvalue weighted by atomic mass is 16.6. The third-order valence-electron chi connectivity index (χ3n) is 7.53. The molecule has 0 aromatic heterocycles. The fourth-order valence-electron chi connectivity index (χ4n) is 4.82. The standard InChI is InChI=1S/C19H40O7.C14H30O5.C9H20O3.10CH4/c1-6-20-11-17(24-8-3)13-22-15-19(26-10-5)16-23-14-18(25-9-4)12-21-7-2;1-5-16-10-14(11-17-6-2,12-18-7-3)13-19-9-8-15-4;1-4-10-7-9(12-6-3)8-11-5-2;;;;;;;;;;/h17-19H,6-16H2,1-5H3;5-13H2,1-4H3;9H,4-8H2,1-3H3;10*1H4. The molecule has 0 N–H and O–H groups in total. The molecule has 0 aromatic rings. The first-order valence-electron chi connectivity index (χ1n) is 21.5. The average Bonchev–Trinajstić information content (AvgIpc) is 3.22. The Morgan fingerprint density at radius 2 is 0.463 bits per heavy atom. The first-order valence-corrected chi connectivity index (χ1v) is 21.5. The van der Waals surface area contributed by atoms with Gasteiger partial charge < -0.3 is 71.1 Å². The van der Waals surface area contributed by atoms with Gasteiger partial charge in [0.15, 0.2) is 0 Å². The largest absolute Gasteiger partial charge is 0.382 e. The molecule has 0 saturated carbocycles. The Hall–Kier alpha value is -0.600. The Kier molecular flexibility index (Phi) is 122. The van der Waals surface area contributed by atoms with E-state index in [-0.39, 0.29) is 104 Å². The maximum Gasteiger partial charge on any atom is 0.104 e. The van der Waals surface area contributed by atoms with Crippen LogP contribution in [0.5, 0.6) is 0 Å². The zero-order chi connectivity index (χ0) is 43.1. The van der Waals surface area contributed by atoms with Crippen LogP contribution in [0.3, 0.4) is 0 Å². The number of ether oxygens (including phenoxy) is 15. The lowest BCUT2D eigenvalue weighted by Crippen LogP contribution is -2.42. The first-order chi connectivity index (χ1) is 27.8. The lowest BCUT2D eigenvalue weighted by atomic mass is 9.92. The van der Waals surface area contributed by atoms with Crippen LogP contribution in [0.25, 0.3) is 0 Å². The highest BCUT2D eigenvalue weighted by molar-refractivity contribution is 4.79. The van der Waals surface area contributed by atoms with E-state index in [9.17, 15) is 0 Å². The second kappa shape index (κ2) is 82.3. The highest BCUT2D eigenvalue weighted by Crippen LogP contribution is 2.20. The molecule has 15 heteroatoms. The van der Waals surface area contributed by atoms with Crippen molar-refractivity contribution in [2.24, 2.45) is 5.41 Å². The van der Waals surface area contributed by atoms with E-state index in [1.54, 1.807) is 7.11 Å². The van der Waals surface area contributed by atoms with E-state index in [1.807, 2.05) is 76.2 Å². The molecular formula is C52H130O15. The normalized spacial score (nSPS) is 11.2. The van der Waals surface area contributed by atoms with Crippen LogP contribution in [-0.2, 0) is 71.1 Å². The third kappa shape index (κ3) is 69.7. The lowest BCUT2D eigenvalue weighted by molar-refractivity contribution is -0.106. The Morgan fingerprint density at radius 3 is 0.657 bits per heavy atom. The summed E-state index contributed by atoms with van der Waals surface area (Å²) in [7, 11) is 1.66. The van der Waals surface area contributed by atoms with Crippen molar-refractivity contribution in [1.29, 1.82) is 0 Å². The fourth-order valence-corrected chi connectivity index (χ4v) is 4.82. The summed E-state index contributed by atoms with van der Waals surface area (Å²) in [4.78, 5) is 0. The van der Waals surface area contributed by atoms with Crippen molar-refractivity contribution in [3.63, 3.8) is 0 Å². The van der Waals surface area contributed by atoms with E-state index in [2.05, 4.69) is 0 Å². The molecule has 15 nitrogen and oxygen atoms in total. The average molecular weight is 996 g/mol. The van der Waals surface area contributed by atoms with Gasteiger partial charge in [-0.25, -0.2) is 0 Å². The van der Waals surface area contributed by atoms with Crippen molar-refractivity contribution >= 4 is 0 Å². The van der Waals surface area contributed by atoms with Crippen LogP contribution in [0.15, 0.2) is 0 Å². The summed E-state index contributed by atoms with van der Waals surface area (Å²) in [5.41, 5.74) is -0.240. The van der Waals surface area contributed by atoms with Crippen molar-refractivity contribution < 1.29 is 71.1 Å². The Bertz CT molecular complexity index is 675. The summed E-state index contributed by atoms with van der Waals surface area (Å²) in [5.74, 6) is 0. The van der Waals surface area contributed by atoms with Gasteiger partial charge in [-0.05, 0) is 76.2 Å². The second-order valence-corrected chi connectivity index (χ2v) is 12.5. The maximum absolute atomic E-state index is 5.76. The molecule has 0 rings (SSSR count). The van der Waals surface area contributed by atoms with E-state index < -0.39 is 0 Å². The van der Waals surface area contributed by atoms with Gasteiger partial charge in [0.25, 0.3) is 0 Å². The molecule has 0 radical (unpaired) electrons. The zero-order valence-corrected chi connectivity index (χ0v) is 38.6. The number of hydrogen-bond acceptors (Lipinski definition) is 15. The van der Waals surface area contributed by atoms with Gasteiger partial charge in [0, 0.05) is 79.8 Å². The van der Waals surface area contributed by atoms with Gasteiger partial charge >= 0.3 is 0 Å². The first kappa shape index (κ1) is 99.6. The van der Waals surface area contributed by atoms with Crippen LogP contribution in [-0.4, -0.2) is 197 Å². The Morgan fingerprint density at radius 1 is 0.254 bits per heavy atom. The molecule has 0 aliphatic heterocycles. The van der Waals surface area contributed by atoms with Gasteiger partial charge in [0.2, 0.25) is 0 Å². The summed E-state index contributed by atoms with van der Waals surface area (Å²) in [6.45, 7) is 36.8. The topological polar surface area (TPSA) is 138 Å². The number of rotatable bonds is 42. The second-order valence-electron chi connectivity index (χ2n) is 12.5. The Labute approximate surface area is 422 Å². The minimum Gasteiger partial charge on any atom is -0.382 e. The predicted octanol–water partition coefficient (Wildman–Crippen LogP) is 11.9. The molecule has 0 spiro atoms. The predicted molar refractivity (Wildman–Crippen MR) is 291 cm³/mol. The Balaban J connectivity index is -0.0000000582. The molecular weight excluding hydrogens is 865 g/mol. The number of methoxy groups -OCH3 is 1. The van der Waals surface area contributed by atoms with Crippen molar-refractivity contribution in [3.8, 4) is 0 Å². The molecule has 0 aliphatic carbocycles. The van der Waals surface area contributed by atoms with Crippen molar-refractivity contribution in [1.82, 2.24) is 0 Å². The van der Waals surface area contributed by atoms with Crippen LogP contribution in [0.4, 0.5) is 0 Å². The van der Waals surface area contributed by atoms with E-state index in [1.165, 1.54) is 0 Å². The smallest absolute Gasteiger partial charge is 0.104 e. The molecule has 0 saturated heterocycles. The molecule has 0 aliphatic rings. The number of hydrogen-bond donors (Lipinski definition) is 0. The summed E-state index contributed by atoms with van der Waals surface area (Å²) in [5, 5.41) is 0. The molecule has 0 bridgehead atoms. The van der Waals surface area contributed by atoms with Gasteiger partial charge in [-0.3, -0.25) is 0 Å². The van der Waals surface area contributed by atoms with Crippen molar-refractivity contribution in [2.45, 2.75) is 175 Å². The molecule has 2 atom stereocenters. The fraction of sp³-hybridized carbons (Fsp3) is 1.00. The van der Waals surface area contributed by atoms with Gasteiger partial charge in [-0.15, -0.1) is 0 Å². The van der Waals surface area contributed by atoms with Gasteiger partial charge in [0.1, 0.15) is 24.4 Å². The highest BCUT2D eigenvalue weighted by Gasteiger charge is 2.32. The molecule has 428 valence electrons. The summed E-state index contributed by atoms with van der Waals surface area (Å²) in [6, 6.07) is 0. The van der Waals surface area contributed by atoms with Crippen molar-refractivity contribution in [2.75, 3.05) is 172 Å². The molecule has 2 unspecified atom stereocenters. The third-order valence-corrected chi connectivity index (χ3v) is 7.53. The van der Waals surface area contributed by atoms with Crippen LogP contribution >= 0.6 is 0 Å². The van der Waals surface area contributed by atoms with Crippen LogP contribution in [0.2, 0.25) is 0 Å². The van der Waals surface area contributed by atoms with Crippen LogP contribution < -0.4 is 0 Å². The lowest BCUT2D eigenvalue weighted by Gasteiger charge is -2.32. The molecule has 0 aromatic carbocycles. The monoisotopic (exact) mass is 995 g/mol. The molecule has 0 heterocycles. The van der Waals surface area contributed by atoms with Gasteiger partial charge in [-0.2, -0.15) is 0 Å². The maximum atomic E-state index is 5.76. The van der Waals surface area contributed by atoms with Gasteiger partial charge in [0.05, 0.1) is 97.9 Å². The van der Waals surface area contributed by atoms with E-state index in [0.717, 1.165) is 13.2 Å². The molecule has 0 fully saturated rings. The SMILES string of the molecule is C.C.C.C.C.C.C.C.C.C.CCOCC(COCC(COCC(COCC)OCC)OCC)OCC.CCOCC(COCC)(COCC)COCCOC.CCOCC(COCC)OCC. The van der Waals surface area contributed by atoms with Crippen LogP contribution in [0.1, 0.15) is 150 Å². The van der Waals surface area contributed by atoms with E-state index in [4.69, 9.17) is 71.1 Å².